The van der Waals surface area contributed by atoms with Crippen molar-refractivity contribution < 1.29 is 8.78 Å². The van der Waals surface area contributed by atoms with Gasteiger partial charge in [-0.3, -0.25) is 9.98 Å². The first-order chi connectivity index (χ1) is 18.1. The molecule has 0 bridgehead atoms. The summed E-state index contributed by atoms with van der Waals surface area (Å²) < 4.78 is 28.2. The Kier molecular flexibility index (Phi) is 7.55. The second kappa shape index (κ2) is 11.3. The van der Waals surface area contributed by atoms with Crippen LogP contribution in [0.25, 0.3) is 11.0 Å². The summed E-state index contributed by atoms with van der Waals surface area (Å²) in [5.41, 5.74) is 3.53. The molecule has 4 aromatic rings. The molecule has 0 spiro atoms. The summed E-state index contributed by atoms with van der Waals surface area (Å²) >= 11 is 0. The van der Waals surface area contributed by atoms with Crippen LogP contribution in [0.15, 0.2) is 54.0 Å². The molecule has 0 aromatic carbocycles. The lowest BCUT2D eigenvalue weighted by molar-refractivity contribution is 0.460. The normalized spacial score (nSPS) is 15.3. The van der Waals surface area contributed by atoms with Crippen molar-refractivity contribution in [2.75, 3.05) is 18.4 Å². The van der Waals surface area contributed by atoms with Gasteiger partial charge in [0.1, 0.15) is 17.3 Å². The third-order valence-electron chi connectivity index (χ3n) is 6.51. The van der Waals surface area contributed by atoms with E-state index in [4.69, 9.17) is 10.4 Å². The summed E-state index contributed by atoms with van der Waals surface area (Å²) in [6, 6.07) is 7.03. The average Bonchev–Trinajstić information content (AvgIpc) is 3.32. The minimum atomic E-state index is -0.577. The van der Waals surface area contributed by atoms with Crippen LogP contribution in [-0.4, -0.2) is 51.5 Å². The second-order valence-electron chi connectivity index (χ2n) is 9.14. The van der Waals surface area contributed by atoms with Crippen molar-refractivity contribution in [1.29, 1.82) is 5.41 Å². The number of nitrogens with zero attached hydrogens (tertiary/aromatic N) is 4. The van der Waals surface area contributed by atoms with Gasteiger partial charge >= 0.3 is 0 Å². The lowest BCUT2D eigenvalue weighted by Crippen LogP contribution is -2.30. The highest BCUT2D eigenvalue weighted by atomic mass is 19.1. The maximum absolute atomic E-state index is 14.9. The van der Waals surface area contributed by atoms with E-state index in [-0.39, 0.29) is 18.5 Å². The molecular weight excluding hydrogens is 474 g/mol. The van der Waals surface area contributed by atoms with Gasteiger partial charge in [-0.2, -0.15) is 4.39 Å². The Hall–Kier alpha value is -4.05. The van der Waals surface area contributed by atoms with E-state index >= 15 is 0 Å². The number of nitrogens with one attached hydrogen (secondary N) is 4. The summed E-state index contributed by atoms with van der Waals surface area (Å²) in [7, 11) is 0. The van der Waals surface area contributed by atoms with Crippen molar-refractivity contribution in [3.05, 3.63) is 83.1 Å². The van der Waals surface area contributed by atoms with Gasteiger partial charge in [-0.05, 0) is 60.8 Å². The van der Waals surface area contributed by atoms with Crippen molar-refractivity contribution in [3.8, 4) is 0 Å². The first-order valence-corrected chi connectivity index (χ1v) is 12.3. The Labute approximate surface area is 213 Å². The van der Waals surface area contributed by atoms with Gasteiger partial charge in [-0.15, -0.1) is 0 Å². The van der Waals surface area contributed by atoms with E-state index in [1.807, 2.05) is 18.5 Å². The number of fused-ring (bicyclic) bond motifs is 1. The lowest BCUT2D eigenvalue weighted by Gasteiger charge is -2.19. The molecular formula is C27H28F2N8. The van der Waals surface area contributed by atoms with Gasteiger partial charge in [0.05, 0.1) is 18.2 Å². The second-order valence-corrected chi connectivity index (χ2v) is 9.14. The van der Waals surface area contributed by atoms with Crippen molar-refractivity contribution in [1.82, 2.24) is 25.3 Å². The third kappa shape index (κ3) is 6.03. The number of hydrogen-bond acceptors (Lipinski definition) is 7. The van der Waals surface area contributed by atoms with Crippen LogP contribution in [0.4, 0.5) is 14.6 Å². The Bertz CT molecular complexity index is 1410. The van der Waals surface area contributed by atoms with Crippen molar-refractivity contribution in [3.63, 3.8) is 0 Å². The van der Waals surface area contributed by atoms with E-state index in [0.29, 0.717) is 29.0 Å². The zero-order valence-electron chi connectivity index (χ0n) is 20.2. The summed E-state index contributed by atoms with van der Waals surface area (Å²) in [4.78, 5) is 20.2. The molecule has 0 radical (unpaired) electrons. The number of aromatic amines is 1. The van der Waals surface area contributed by atoms with Crippen LogP contribution in [0.3, 0.4) is 0 Å². The maximum Gasteiger partial charge on any atom is 0.218 e. The molecule has 8 nitrogen and oxygen atoms in total. The van der Waals surface area contributed by atoms with E-state index in [1.54, 1.807) is 24.5 Å². The molecule has 5 rings (SSSR count). The summed E-state index contributed by atoms with van der Waals surface area (Å²) in [6.45, 7) is 2.21. The number of rotatable bonds is 9. The molecule has 0 amide bonds. The monoisotopic (exact) mass is 502 g/mol. The summed E-state index contributed by atoms with van der Waals surface area (Å²) in [6.07, 6.45) is 11.8. The van der Waals surface area contributed by atoms with Crippen LogP contribution in [-0.2, 0) is 13.0 Å². The Morgan fingerprint density at radius 1 is 1.14 bits per heavy atom. The van der Waals surface area contributed by atoms with Gasteiger partial charge in [0.2, 0.25) is 5.95 Å². The first kappa shape index (κ1) is 24.6. The number of aromatic nitrogens is 4. The topological polar surface area (TPSA) is 115 Å². The van der Waals surface area contributed by atoms with E-state index in [9.17, 15) is 8.78 Å². The zero-order valence-corrected chi connectivity index (χ0v) is 20.2. The first-order valence-electron chi connectivity index (χ1n) is 12.3. The highest BCUT2D eigenvalue weighted by molar-refractivity contribution is 5.91. The molecule has 0 aliphatic carbocycles. The van der Waals surface area contributed by atoms with Gasteiger partial charge in [-0.1, -0.05) is 6.07 Å². The smallest absolute Gasteiger partial charge is 0.218 e. The molecule has 4 aromatic heterocycles. The van der Waals surface area contributed by atoms with E-state index in [2.05, 4.69) is 30.6 Å². The van der Waals surface area contributed by atoms with Crippen molar-refractivity contribution in [2.24, 2.45) is 4.99 Å². The standard InChI is InChI=1S/C27H28F2N8/c28-22-7-17(11-32-16-22)12-34-25-2-1-18(26(29)37-25)8-20-14-36-27-24(20)9-19(13-35-27)21(10-30)15-33-23-3-5-31-6-4-23/h1-2,7,9-11,13-16,21,23,30-31H,3-6,8,12H2,(H,34,37)(H,35,36). The fourth-order valence-electron chi connectivity index (χ4n) is 4.44. The lowest BCUT2D eigenvalue weighted by atomic mass is 9.99. The molecule has 4 N–H and O–H groups in total. The minimum absolute atomic E-state index is 0.272. The molecule has 0 saturated carbocycles. The van der Waals surface area contributed by atoms with Gasteiger partial charge in [-0.25, -0.2) is 14.4 Å². The molecule has 5 heterocycles. The minimum Gasteiger partial charge on any atom is -0.366 e. The molecule has 1 fully saturated rings. The number of pyridine rings is 3. The zero-order chi connectivity index (χ0) is 25.6. The number of halogens is 2. The van der Waals surface area contributed by atoms with Gasteiger partial charge in [0.15, 0.2) is 0 Å². The number of hydrogen-bond donors (Lipinski definition) is 4. The fraction of sp³-hybridized carbons (Fsp3) is 0.296. The summed E-state index contributed by atoms with van der Waals surface area (Å²) in [5, 5.41) is 15.1. The molecule has 37 heavy (non-hydrogen) atoms. The van der Waals surface area contributed by atoms with E-state index in [0.717, 1.165) is 48.6 Å². The fourth-order valence-corrected chi connectivity index (χ4v) is 4.44. The van der Waals surface area contributed by atoms with Gasteiger partial charge in [0.25, 0.3) is 0 Å². The SMILES string of the molecule is N=CC(C=NC1CCNCC1)c1cnc2[nH]cc(Cc3ccc(NCc4cncc(F)c4)nc3F)c2c1. The van der Waals surface area contributed by atoms with E-state index in [1.165, 1.54) is 12.3 Å². The summed E-state index contributed by atoms with van der Waals surface area (Å²) in [5.74, 6) is -0.916. The Morgan fingerprint density at radius 3 is 2.78 bits per heavy atom. The molecule has 10 heteroatoms. The van der Waals surface area contributed by atoms with Crippen LogP contribution in [0.2, 0.25) is 0 Å². The molecule has 190 valence electrons. The quantitative estimate of drug-likeness (QED) is 0.200. The molecule has 1 aliphatic rings. The van der Waals surface area contributed by atoms with Crippen LogP contribution in [0.1, 0.15) is 41.0 Å². The number of piperidine rings is 1. The highest BCUT2D eigenvalue weighted by Crippen LogP contribution is 2.25. The molecule has 1 saturated heterocycles. The Morgan fingerprint density at radius 2 is 2.00 bits per heavy atom. The molecule has 1 aliphatic heterocycles. The largest absolute Gasteiger partial charge is 0.366 e. The van der Waals surface area contributed by atoms with Crippen LogP contribution in [0.5, 0.6) is 0 Å². The highest BCUT2D eigenvalue weighted by Gasteiger charge is 2.15. The maximum atomic E-state index is 14.9. The van der Waals surface area contributed by atoms with Crippen molar-refractivity contribution in [2.45, 2.75) is 37.8 Å². The number of aliphatic imine (C=N–C) groups is 1. The number of H-pyrrole nitrogens is 1. The van der Waals surface area contributed by atoms with Gasteiger partial charge < -0.3 is 21.0 Å². The van der Waals surface area contributed by atoms with Crippen LogP contribution in [0, 0.1) is 17.2 Å². The average molecular weight is 503 g/mol. The van der Waals surface area contributed by atoms with Crippen LogP contribution >= 0.6 is 0 Å². The Balaban J connectivity index is 1.30. The van der Waals surface area contributed by atoms with E-state index < -0.39 is 11.8 Å². The van der Waals surface area contributed by atoms with Gasteiger partial charge in [0, 0.05) is 54.9 Å². The third-order valence-corrected chi connectivity index (χ3v) is 6.51. The van der Waals surface area contributed by atoms with Crippen molar-refractivity contribution >= 4 is 29.3 Å². The predicted molar refractivity (Wildman–Crippen MR) is 141 cm³/mol. The van der Waals surface area contributed by atoms with Crippen LogP contribution < -0.4 is 10.6 Å². The molecule has 1 atom stereocenters. The predicted octanol–water partition coefficient (Wildman–Crippen LogP) is 4.39. The molecule has 1 unspecified atom stereocenters. The number of anilines is 1.